The van der Waals surface area contributed by atoms with Crippen LogP contribution in [0.15, 0.2) is 0 Å². The molecule has 0 radical (unpaired) electrons. The molecule has 108 valence electrons. The first-order valence-electron chi connectivity index (χ1n) is 7.56. The van der Waals surface area contributed by atoms with Crippen LogP contribution < -0.4 is 0 Å². The fourth-order valence-electron chi connectivity index (χ4n) is 3.52. The molecule has 0 bridgehead atoms. The van der Waals surface area contributed by atoms with Crippen molar-refractivity contribution in [2.75, 3.05) is 7.05 Å². The van der Waals surface area contributed by atoms with Gasteiger partial charge in [-0.1, -0.05) is 12.8 Å². The van der Waals surface area contributed by atoms with Gasteiger partial charge in [0.05, 0.1) is 5.92 Å². The lowest BCUT2D eigenvalue weighted by molar-refractivity contribution is -0.143. The lowest BCUT2D eigenvalue weighted by atomic mass is 9.85. The smallest absolute Gasteiger partial charge is 0.306 e. The van der Waals surface area contributed by atoms with Gasteiger partial charge in [-0.3, -0.25) is 9.59 Å². The van der Waals surface area contributed by atoms with Gasteiger partial charge in [0.1, 0.15) is 0 Å². The topological polar surface area (TPSA) is 57.6 Å². The largest absolute Gasteiger partial charge is 0.481 e. The molecule has 1 N–H and O–H groups in total. The van der Waals surface area contributed by atoms with Crippen LogP contribution in [-0.2, 0) is 9.59 Å². The van der Waals surface area contributed by atoms with Crippen molar-refractivity contribution in [2.24, 2.45) is 11.8 Å². The van der Waals surface area contributed by atoms with Crippen molar-refractivity contribution >= 4 is 11.9 Å². The van der Waals surface area contributed by atoms with Crippen LogP contribution in [-0.4, -0.2) is 35.0 Å². The molecule has 2 aliphatic carbocycles. The molecule has 2 fully saturated rings. The number of carbonyl (C=O) groups excluding carboxylic acids is 1. The Morgan fingerprint density at radius 2 is 1.63 bits per heavy atom. The fourth-order valence-corrected chi connectivity index (χ4v) is 3.52. The normalized spacial score (nSPS) is 28.3. The van der Waals surface area contributed by atoms with Gasteiger partial charge in [0.15, 0.2) is 0 Å². The van der Waals surface area contributed by atoms with E-state index in [2.05, 4.69) is 0 Å². The van der Waals surface area contributed by atoms with E-state index in [0.717, 1.165) is 12.8 Å². The molecule has 19 heavy (non-hydrogen) atoms. The van der Waals surface area contributed by atoms with Gasteiger partial charge in [-0.05, 0) is 44.4 Å². The molecule has 0 aromatic carbocycles. The van der Waals surface area contributed by atoms with E-state index >= 15 is 0 Å². The van der Waals surface area contributed by atoms with E-state index in [9.17, 15) is 9.59 Å². The van der Waals surface area contributed by atoms with Gasteiger partial charge in [0.25, 0.3) is 0 Å². The molecule has 4 heteroatoms. The second-order valence-electron chi connectivity index (χ2n) is 6.20. The van der Waals surface area contributed by atoms with E-state index in [4.69, 9.17) is 5.11 Å². The zero-order chi connectivity index (χ0) is 13.8. The molecule has 0 aliphatic heterocycles. The maximum absolute atomic E-state index is 12.2. The highest BCUT2D eigenvalue weighted by Crippen LogP contribution is 2.30. The molecule has 1 amide bonds. The van der Waals surface area contributed by atoms with Crippen molar-refractivity contribution in [3.8, 4) is 0 Å². The zero-order valence-electron chi connectivity index (χ0n) is 11.8. The molecule has 0 spiro atoms. The van der Waals surface area contributed by atoms with Crippen molar-refractivity contribution in [1.82, 2.24) is 4.90 Å². The molecule has 0 saturated heterocycles. The Kier molecular flexibility index (Phi) is 4.83. The molecule has 2 rings (SSSR count). The maximum Gasteiger partial charge on any atom is 0.306 e. The summed E-state index contributed by atoms with van der Waals surface area (Å²) in [5, 5.41) is 8.98. The maximum atomic E-state index is 12.2. The lowest BCUT2D eigenvalue weighted by Crippen LogP contribution is -2.40. The van der Waals surface area contributed by atoms with E-state index < -0.39 is 5.97 Å². The van der Waals surface area contributed by atoms with Gasteiger partial charge in [-0.15, -0.1) is 0 Å². The molecule has 0 heterocycles. The standard InChI is InChI=1S/C15H25NO3/c1-16(14(17)10-11-4-2-3-5-11)13-8-6-12(7-9-13)15(18)19/h11-13H,2-10H2,1H3,(H,18,19). The number of hydrogen-bond acceptors (Lipinski definition) is 2. The summed E-state index contributed by atoms with van der Waals surface area (Å²) in [5.74, 6) is -0.0380. The average molecular weight is 267 g/mol. The number of carboxylic acid groups (broad SMARTS) is 1. The molecule has 4 nitrogen and oxygen atoms in total. The summed E-state index contributed by atoms with van der Waals surface area (Å²) in [6.07, 6.45) is 8.72. The molecular weight excluding hydrogens is 242 g/mol. The number of carbonyl (C=O) groups is 2. The van der Waals surface area contributed by atoms with Crippen LogP contribution in [0, 0.1) is 11.8 Å². The predicted octanol–water partition coefficient (Wildman–Crippen LogP) is 2.67. The van der Waals surface area contributed by atoms with Gasteiger partial charge in [-0.2, -0.15) is 0 Å². The van der Waals surface area contributed by atoms with Gasteiger partial charge >= 0.3 is 5.97 Å². The zero-order valence-corrected chi connectivity index (χ0v) is 11.8. The highest BCUT2D eigenvalue weighted by Gasteiger charge is 2.30. The van der Waals surface area contributed by atoms with Gasteiger partial charge in [0.2, 0.25) is 5.91 Å². The van der Waals surface area contributed by atoms with Crippen LogP contribution in [0.1, 0.15) is 57.8 Å². The Morgan fingerprint density at radius 3 is 2.16 bits per heavy atom. The van der Waals surface area contributed by atoms with E-state index in [1.165, 1.54) is 25.7 Å². The summed E-state index contributed by atoms with van der Waals surface area (Å²) in [6.45, 7) is 0. The highest BCUT2D eigenvalue weighted by atomic mass is 16.4. The summed E-state index contributed by atoms with van der Waals surface area (Å²) in [5.41, 5.74) is 0. The number of nitrogens with zero attached hydrogens (tertiary/aromatic N) is 1. The van der Waals surface area contributed by atoms with Crippen molar-refractivity contribution in [3.63, 3.8) is 0 Å². The molecule has 0 aromatic heterocycles. The van der Waals surface area contributed by atoms with Crippen LogP contribution >= 0.6 is 0 Å². The molecule has 2 aliphatic rings. The van der Waals surface area contributed by atoms with Crippen LogP contribution in [0.25, 0.3) is 0 Å². The Bertz CT molecular complexity index is 328. The summed E-state index contributed by atoms with van der Waals surface area (Å²) in [6, 6.07) is 0.254. The Hall–Kier alpha value is -1.06. The predicted molar refractivity (Wildman–Crippen MR) is 72.7 cm³/mol. The van der Waals surface area contributed by atoms with E-state index in [0.29, 0.717) is 25.2 Å². The third-order valence-electron chi connectivity index (χ3n) is 4.93. The number of aliphatic carboxylic acids is 1. The summed E-state index contributed by atoms with van der Waals surface area (Å²) in [4.78, 5) is 25.0. The van der Waals surface area contributed by atoms with E-state index in [1.807, 2.05) is 11.9 Å². The summed E-state index contributed by atoms with van der Waals surface area (Å²) >= 11 is 0. The van der Waals surface area contributed by atoms with Crippen LogP contribution in [0.5, 0.6) is 0 Å². The van der Waals surface area contributed by atoms with Crippen molar-refractivity contribution in [1.29, 1.82) is 0 Å². The average Bonchev–Trinajstić information content (AvgIpc) is 2.90. The first kappa shape index (κ1) is 14.4. The monoisotopic (exact) mass is 267 g/mol. The number of hydrogen-bond donors (Lipinski definition) is 1. The van der Waals surface area contributed by atoms with Gasteiger partial charge in [0, 0.05) is 19.5 Å². The van der Waals surface area contributed by atoms with Gasteiger partial charge < -0.3 is 10.0 Å². The molecule has 0 atom stereocenters. The number of amides is 1. The Morgan fingerprint density at radius 1 is 1.05 bits per heavy atom. The quantitative estimate of drug-likeness (QED) is 0.852. The SMILES string of the molecule is CN(C(=O)CC1CCCC1)C1CCC(C(=O)O)CC1. The highest BCUT2D eigenvalue weighted by molar-refractivity contribution is 5.76. The first-order chi connectivity index (χ1) is 9.08. The molecule has 2 saturated carbocycles. The van der Waals surface area contributed by atoms with E-state index in [-0.39, 0.29) is 17.9 Å². The summed E-state index contributed by atoms with van der Waals surface area (Å²) in [7, 11) is 1.89. The van der Waals surface area contributed by atoms with Crippen molar-refractivity contribution < 1.29 is 14.7 Å². The number of rotatable bonds is 4. The molecular formula is C15H25NO3. The third kappa shape index (κ3) is 3.71. The third-order valence-corrected chi connectivity index (χ3v) is 4.93. The minimum Gasteiger partial charge on any atom is -0.481 e. The van der Waals surface area contributed by atoms with Crippen LogP contribution in [0.3, 0.4) is 0 Å². The second-order valence-corrected chi connectivity index (χ2v) is 6.20. The first-order valence-corrected chi connectivity index (χ1v) is 7.56. The van der Waals surface area contributed by atoms with Gasteiger partial charge in [-0.25, -0.2) is 0 Å². The minimum atomic E-state index is -0.682. The Balaban J connectivity index is 1.78. The summed E-state index contributed by atoms with van der Waals surface area (Å²) < 4.78 is 0. The second kappa shape index (κ2) is 6.40. The lowest BCUT2D eigenvalue weighted by Gasteiger charge is -2.34. The van der Waals surface area contributed by atoms with Crippen molar-refractivity contribution in [3.05, 3.63) is 0 Å². The fraction of sp³-hybridized carbons (Fsp3) is 0.867. The number of carboxylic acids is 1. The van der Waals surface area contributed by atoms with Crippen LogP contribution in [0.4, 0.5) is 0 Å². The van der Waals surface area contributed by atoms with E-state index in [1.54, 1.807) is 0 Å². The minimum absolute atomic E-state index is 0.199. The van der Waals surface area contributed by atoms with Crippen LogP contribution in [0.2, 0.25) is 0 Å². The molecule has 0 aromatic rings. The Labute approximate surface area is 115 Å². The van der Waals surface area contributed by atoms with Crippen molar-refractivity contribution in [2.45, 2.75) is 63.8 Å². The molecule has 0 unspecified atom stereocenters.